The smallest absolute Gasteiger partial charge is 0.129 e. The van der Waals surface area contributed by atoms with Gasteiger partial charge in [0.2, 0.25) is 0 Å². The van der Waals surface area contributed by atoms with Gasteiger partial charge in [-0.25, -0.2) is 4.98 Å². The van der Waals surface area contributed by atoms with Gasteiger partial charge in [-0.05, 0) is 12.1 Å². The van der Waals surface area contributed by atoms with Gasteiger partial charge in [-0.2, -0.15) is 0 Å². The van der Waals surface area contributed by atoms with Gasteiger partial charge in [0, 0.05) is 13.2 Å². The van der Waals surface area contributed by atoms with Crippen LogP contribution in [0.25, 0.3) is 0 Å². The van der Waals surface area contributed by atoms with Crippen molar-refractivity contribution in [1.29, 1.82) is 0 Å². The number of hydrogen-bond donors (Lipinski definition) is 0. The second-order valence-corrected chi connectivity index (χ2v) is 2.24. The van der Waals surface area contributed by atoms with Crippen LogP contribution in [0.5, 0.6) is 0 Å². The van der Waals surface area contributed by atoms with E-state index in [0.29, 0.717) is 6.00 Å². The Hall–Kier alpha value is -0.760. The van der Waals surface area contributed by atoms with Crippen LogP contribution in [0.3, 0.4) is 0 Å². The van der Waals surface area contributed by atoms with E-state index in [-0.39, 0.29) is 0 Å². The highest BCUT2D eigenvalue weighted by Gasteiger charge is 1.95. The molecule has 0 unspecified atom stereocenters. The quantitative estimate of drug-likeness (QED) is 0.479. The lowest BCUT2D eigenvalue weighted by Crippen LogP contribution is -2.15. The predicted octanol–water partition coefficient (Wildman–Crippen LogP) is 1.71. The second-order valence-electron chi connectivity index (χ2n) is 2.01. The monoisotopic (exact) mass is 156 g/mol. The average molecular weight is 157 g/mol. The first-order chi connectivity index (χ1) is 4.84. The van der Waals surface area contributed by atoms with E-state index in [1.165, 1.54) is 0 Å². The summed E-state index contributed by atoms with van der Waals surface area (Å²) in [4.78, 5) is 5.95. The number of alkyl halides is 1. The Labute approximate surface area is 65.4 Å². The van der Waals surface area contributed by atoms with Crippen molar-refractivity contribution < 1.29 is 0 Å². The third-order valence-electron chi connectivity index (χ3n) is 1.22. The minimum Gasteiger partial charge on any atom is -0.346 e. The lowest BCUT2D eigenvalue weighted by atomic mass is 10.4. The van der Waals surface area contributed by atoms with Gasteiger partial charge in [-0.1, -0.05) is 6.07 Å². The van der Waals surface area contributed by atoms with E-state index >= 15 is 0 Å². The van der Waals surface area contributed by atoms with Crippen LogP contribution >= 0.6 is 11.6 Å². The number of anilines is 1. The molecule has 0 spiro atoms. The van der Waals surface area contributed by atoms with Gasteiger partial charge in [0.25, 0.3) is 0 Å². The maximum absolute atomic E-state index is 5.57. The fourth-order valence-corrected chi connectivity index (χ4v) is 0.763. The number of nitrogens with zero attached hydrogens (tertiary/aromatic N) is 2. The van der Waals surface area contributed by atoms with Gasteiger partial charge >= 0.3 is 0 Å². The van der Waals surface area contributed by atoms with Crippen LogP contribution in [-0.4, -0.2) is 18.0 Å². The maximum Gasteiger partial charge on any atom is 0.129 e. The van der Waals surface area contributed by atoms with Gasteiger partial charge in [-0.3, -0.25) is 0 Å². The molecule has 0 aromatic carbocycles. The van der Waals surface area contributed by atoms with E-state index in [2.05, 4.69) is 4.98 Å². The molecule has 1 aromatic rings. The largest absolute Gasteiger partial charge is 0.346 e. The molecular formula is C7H9ClN2. The molecule has 0 N–H and O–H groups in total. The van der Waals surface area contributed by atoms with Crippen molar-refractivity contribution in [3.63, 3.8) is 0 Å². The van der Waals surface area contributed by atoms with Gasteiger partial charge in [0.1, 0.15) is 5.82 Å². The lowest BCUT2D eigenvalue weighted by molar-refractivity contribution is 1.04. The minimum absolute atomic E-state index is 0.469. The summed E-state index contributed by atoms with van der Waals surface area (Å²) in [5.41, 5.74) is 0. The molecule has 0 aliphatic heterocycles. The summed E-state index contributed by atoms with van der Waals surface area (Å²) in [6.45, 7) is 0. The first-order valence-electron chi connectivity index (χ1n) is 3.02. The fraction of sp³-hybridized carbons (Fsp3) is 0.286. The summed E-state index contributed by atoms with van der Waals surface area (Å²) >= 11 is 5.57. The average Bonchev–Trinajstić information content (AvgIpc) is 2.05. The van der Waals surface area contributed by atoms with Crippen molar-refractivity contribution >= 4 is 17.4 Å². The van der Waals surface area contributed by atoms with E-state index < -0.39 is 0 Å². The predicted molar refractivity (Wildman–Crippen MR) is 43.4 cm³/mol. The van der Waals surface area contributed by atoms with Crippen molar-refractivity contribution in [3.8, 4) is 0 Å². The van der Waals surface area contributed by atoms with Crippen molar-refractivity contribution in [2.75, 3.05) is 18.0 Å². The molecule has 10 heavy (non-hydrogen) atoms. The zero-order valence-electron chi connectivity index (χ0n) is 5.79. The zero-order chi connectivity index (χ0) is 7.40. The number of hydrogen-bond acceptors (Lipinski definition) is 2. The molecule has 1 heterocycles. The minimum atomic E-state index is 0.469. The number of rotatable bonds is 2. The summed E-state index contributed by atoms with van der Waals surface area (Å²) in [7, 11) is 1.90. The van der Waals surface area contributed by atoms with Crippen LogP contribution in [0.15, 0.2) is 24.4 Å². The number of halogens is 1. The molecule has 0 atom stereocenters. The van der Waals surface area contributed by atoms with Gasteiger partial charge in [-0.15, -0.1) is 11.6 Å². The van der Waals surface area contributed by atoms with Crippen LogP contribution < -0.4 is 4.90 Å². The first kappa shape index (κ1) is 7.35. The molecule has 2 nitrogen and oxygen atoms in total. The van der Waals surface area contributed by atoms with Crippen molar-refractivity contribution in [1.82, 2.24) is 4.98 Å². The van der Waals surface area contributed by atoms with Gasteiger partial charge in [0.05, 0.1) is 6.00 Å². The fourth-order valence-electron chi connectivity index (χ4n) is 0.641. The summed E-state index contributed by atoms with van der Waals surface area (Å²) in [6.07, 6.45) is 1.75. The molecule has 1 rings (SSSR count). The van der Waals surface area contributed by atoms with E-state index in [4.69, 9.17) is 11.6 Å². The van der Waals surface area contributed by atoms with Crippen LogP contribution in [0.2, 0.25) is 0 Å². The maximum atomic E-state index is 5.57. The SMILES string of the molecule is CN(CCl)c1ccccn1. The molecule has 0 bridgehead atoms. The lowest BCUT2D eigenvalue weighted by Gasteiger charge is -2.12. The van der Waals surface area contributed by atoms with E-state index in [9.17, 15) is 0 Å². The van der Waals surface area contributed by atoms with E-state index in [0.717, 1.165) is 5.82 Å². The second kappa shape index (κ2) is 3.42. The Morgan fingerprint density at radius 3 is 2.90 bits per heavy atom. The van der Waals surface area contributed by atoms with Crippen molar-refractivity contribution in [3.05, 3.63) is 24.4 Å². The van der Waals surface area contributed by atoms with Crippen LogP contribution in [0.1, 0.15) is 0 Å². The van der Waals surface area contributed by atoms with Gasteiger partial charge in [0.15, 0.2) is 0 Å². The molecule has 0 aliphatic carbocycles. The molecule has 0 saturated carbocycles. The topological polar surface area (TPSA) is 16.1 Å². The highest BCUT2D eigenvalue weighted by Crippen LogP contribution is 2.05. The van der Waals surface area contributed by atoms with Crippen molar-refractivity contribution in [2.24, 2.45) is 0 Å². The molecular weight excluding hydrogens is 148 g/mol. The molecule has 54 valence electrons. The highest BCUT2D eigenvalue weighted by molar-refractivity contribution is 6.18. The molecule has 0 aliphatic rings. The molecule has 1 aromatic heterocycles. The normalized spacial score (nSPS) is 9.40. The Balaban J connectivity index is 2.75. The Bertz CT molecular complexity index is 188. The molecule has 0 radical (unpaired) electrons. The Morgan fingerprint density at radius 2 is 2.40 bits per heavy atom. The molecule has 3 heteroatoms. The van der Waals surface area contributed by atoms with Crippen LogP contribution in [-0.2, 0) is 0 Å². The van der Waals surface area contributed by atoms with Gasteiger partial charge < -0.3 is 4.90 Å². The zero-order valence-corrected chi connectivity index (χ0v) is 6.54. The summed E-state index contributed by atoms with van der Waals surface area (Å²) in [6, 6.07) is 6.20. The van der Waals surface area contributed by atoms with Crippen LogP contribution in [0, 0.1) is 0 Å². The summed E-state index contributed by atoms with van der Waals surface area (Å²) in [5, 5.41) is 0. The molecule has 0 saturated heterocycles. The highest BCUT2D eigenvalue weighted by atomic mass is 35.5. The van der Waals surface area contributed by atoms with Crippen molar-refractivity contribution in [2.45, 2.75) is 0 Å². The van der Waals surface area contributed by atoms with E-state index in [1.54, 1.807) is 6.20 Å². The third kappa shape index (κ3) is 1.61. The number of aromatic nitrogens is 1. The summed E-state index contributed by atoms with van der Waals surface area (Å²) in [5.74, 6) is 0.900. The number of pyridine rings is 1. The van der Waals surface area contributed by atoms with E-state index in [1.807, 2.05) is 30.1 Å². The third-order valence-corrected chi connectivity index (χ3v) is 1.58. The van der Waals surface area contributed by atoms with Crippen LogP contribution in [0.4, 0.5) is 5.82 Å². The molecule has 0 fully saturated rings. The molecule has 0 amide bonds. The first-order valence-corrected chi connectivity index (χ1v) is 3.56. The Morgan fingerprint density at radius 1 is 1.60 bits per heavy atom. The summed E-state index contributed by atoms with van der Waals surface area (Å²) < 4.78 is 0. The Kier molecular flexibility index (Phi) is 2.51. The standard InChI is InChI=1S/C7H9ClN2/c1-10(6-8)7-4-2-3-5-9-7/h2-5H,6H2,1H3.